The number of nitrogens with one attached hydrogen (secondary N) is 3. The Balaban J connectivity index is 1.46. The molecule has 8 nitrogen and oxygen atoms in total. The number of nitrogens with two attached hydrogens (primary N) is 1. The summed E-state index contributed by atoms with van der Waals surface area (Å²) in [5.41, 5.74) is 7.99. The molecule has 4 rings (SSSR count). The fourth-order valence-corrected chi connectivity index (χ4v) is 4.34. The molecule has 0 saturated heterocycles. The van der Waals surface area contributed by atoms with Crippen molar-refractivity contribution in [3.8, 4) is 11.5 Å². The second kappa shape index (κ2) is 9.50. The van der Waals surface area contributed by atoms with Gasteiger partial charge in [0.05, 0.1) is 11.1 Å². The summed E-state index contributed by atoms with van der Waals surface area (Å²) in [5, 5.41) is 7.43. The van der Waals surface area contributed by atoms with Gasteiger partial charge in [-0.05, 0) is 49.9 Å². The smallest absolute Gasteiger partial charge is 0.222 e. The van der Waals surface area contributed by atoms with Crippen LogP contribution >= 0.6 is 0 Å². The summed E-state index contributed by atoms with van der Waals surface area (Å²) in [6, 6.07) is 9.98. The number of ether oxygens (including phenoxy) is 1. The molecule has 184 valence electrons. The summed E-state index contributed by atoms with van der Waals surface area (Å²) in [6.45, 7) is 11.5. The molecule has 0 amide bonds. The highest BCUT2D eigenvalue weighted by Gasteiger charge is 2.25. The largest absolute Gasteiger partial charge is 0.453 e. The van der Waals surface area contributed by atoms with E-state index in [4.69, 9.17) is 10.5 Å². The molecule has 0 fully saturated rings. The molecule has 0 aliphatic rings. The molecule has 0 aliphatic heterocycles. The third kappa shape index (κ3) is 6.45. The lowest BCUT2D eigenvalue weighted by molar-refractivity contribution is 0.240. The zero-order valence-corrected chi connectivity index (χ0v) is 20.7. The molecular weight excluding hydrogens is 445 g/mol. The minimum atomic E-state index is -0.511. The van der Waals surface area contributed by atoms with Crippen LogP contribution in [0.4, 0.5) is 21.8 Å². The van der Waals surface area contributed by atoms with Crippen LogP contribution in [0.5, 0.6) is 11.5 Å². The number of hydrogen-bond donors (Lipinski definition) is 4. The van der Waals surface area contributed by atoms with Gasteiger partial charge in [-0.15, -0.1) is 0 Å². The summed E-state index contributed by atoms with van der Waals surface area (Å²) in [4.78, 5) is 15.8. The second-order valence-electron chi connectivity index (χ2n) is 10.5. The van der Waals surface area contributed by atoms with E-state index in [1.807, 2.05) is 6.07 Å². The molecule has 4 aromatic rings. The highest BCUT2D eigenvalue weighted by atomic mass is 19.1. The van der Waals surface area contributed by atoms with Crippen LogP contribution in [-0.2, 0) is 6.54 Å². The average molecular weight is 478 g/mol. The maximum Gasteiger partial charge on any atom is 0.222 e. The van der Waals surface area contributed by atoms with Gasteiger partial charge in [0.2, 0.25) is 5.95 Å². The van der Waals surface area contributed by atoms with Gasteiger partial charge in [-0.2, -0.15) is 4.98 Å². The third-order valence-corrected chi connectivity index (χ3v) is 5.36. The van der Waals surface area contributed by atoms with E-state index in [0.29, 0.717) is 29.4 Å². The van der Waals surface area contributed by atoms with Gasteiger partial charge in [0.1, 0.15) is 17.2 Å². The number of pyridine rings is 1. The Labute approximate surface area is 204 Å². The van der Waals surface area contributed by atoms with Gasteiger partial charge in [0, 0.05) is 42.3 Å². The first-order valence-corrected chi connectivity index (χ1v) is 11.5. The molecule has 0 bridgehead atoms. The quantitative estimate of drug-likeness (QED) is 0.249. The Kier molecular flexibility index (Phi) is 6.62. The standard InChI is InChI=1S/C26H32FN7O/c1-25(2,3)15-26(4,5)31-14-17-13-22(34-24(28)33-17)32-16-6-7-21(19(27)12-16)35-20-9-11-30-23-18(20)8-10-29-23/h6-13,31H,14-15H2,1-5H3,(H,29,30)(H3,28,32,33,34). The molecule has 3 heterocycles. The van der Waals surface area contributed by atoms with E-state index in [-0.39, 0.29) is 22.7 Å². The van der Waals surface area contributed by atoms with E-state index in [9.17, 15) is 4.39 Å². The molecule has 35 heavy (non-hydrogen) atoms. The number of anilines is 3. The fourth-order valence-electron chi connectivity index (χ4n) is 4.34. The van der Waals surface area contributed by atoms with Crippen molar-refractivity contribution in [1.29, 1.82) is 0 Å². The maximum atomic E-state index is 14.9. The predicted molar refractivity (Wildman–Crippen MR) is 137 cm³/mol. The molecule has 0 atom stereocenters. The molecule has 0 aliphatic carbocycles. The number of H-pyrrole nitrogens is 1. The summed E-state index contributed by atoms with van der Waals surface area (Å²) < 4.78 is 20.7. The number of fused-ring (bicyclic) bond motifs is 1. The number of halogens is 1. The number of nitrogens with zero attached hydrogens (tertiary/aromatic N) is 3. The van der Waals surface area contributed by atoms with Gasteiger partial charge in [0.15, 0.2) is 11.6 Å². The Bertz CT molecular complexity index is 1330. The van der Waals surface area contributed by atoms with Crippen LogP contribution in [-0.4, -0.2) is 25.5 Å². The minimum absolute atomic E-state index is 0.0781. The van der Waals surface area contributed by atoms with Crippen molar-refractivity contribution in [2.75, 3.05) is 11.1 Å². The van der Waals surface area contributed by atoms with Gasteiger partial charge in [-0.3, -0.25) is 0 Å². The van der Waals surface area contributed by atoms with E-state index in [0.717, 1.165) is 17.5 Å². The number of aromatic amines is 1. The van der Waals surface area contributed by atoms with Gasteiger partial charge in [0.25, 0.3) is 0 Å². The first-order chi connectivity index (χ1) is 16.5. The van der Waals surface area contributed by atoms with Crippen LogP contribution in [0.25, 0.3) is 11.0 Å². The maximum absolute atomic E-state index is 14.9. The first-order valence-electron chi connectivity index (χ1n) is 11.5. The molecule has 0 saturated carbocycles. The Morgan fingerprint density at radius 2 is 1.83 bits per heavy atom. The van der Waals surface area contributed by atoms with E-state index < -0.39 is 5.82 Å². The van der Waals surface area contributed by atoms with Crippen molar-refractivity contribution < 1.29 is 9.13 Å². The lowest BCUT2D eigenvalue weighted by Gasteiger charge is -2.33. The minimum Gasteiger partial charge on any atom is -0.453 e. The molecule has 0 spiro atoms. The lowest BCUT2D eigenvalue weighted by Crippen LogP contribution is -2.42. The third-order valence-electron chi connectivity index (χ3n) is 5.36. The van der Waals surface area contributed by atoms with Crippen molar-refractivity contribution in [2.24, 2.45) is 5.41 Å². The Morgan fingerprint density at radius 3 is 2.57 bits per heavy atom. The lowest BCUT2D eigenvalue weighted by atomic mass is 9.82. The van der Waals surface area contributed by atoms with Crippen molar-refractivity contribution in [3.05, 3.63) is 60.3 Å². The first kappa shape index (κ1) is 24.4. The van der Waals surface area contributed by atoms with Gasteiger partial charge >= 0.3 is 0 Å². The zero-order valence-electron chi connectivity index (χ0n) is 20.7. The summed E-state index contributed by atoms with van der Waals surface area (Å²) >= 11 is 0. The van der Waals surface area contributed by atoms with Crippen LogP contribution in [0.1, 0.15) is 46.7 Å². The second-order valence-corrected chi connectivity index (χ2v) is 10.5. The van der Waals surface area contributed by atoms with Crippen molar-refractivity contribution in [1.82, 2.24) is 25.3 Å². The summed E-state index contributed by atoms with van der Waals surface area (Å²) in [5.74, 6) is 0.750. The SMILES string of the molecule is CC(C)(C)CC(C)(C)NCc1cc(Nc2ccc(Oc3ccnc4[nH]ccc34)c(F)c2)nc(N)n1. The van der Waals surface area contributed by atoms with Crippen molar-refractivity contribution in [2.45, 2.75) is 53.1 Å². The van der Waals surface area contributed by atoms with Crippen molar-refractivity contribution in [3.63, 3.8) is 0 Å². The molecule has 3 aromatic heterocycles. The van der Waals surface area contributed by atoms with Gasteiger partial charge in [-0.25, -0.2) is 14.4 Å². The monoisotopic (exact) mass is 477 g/mol. The average Bonchev–Trinajstić information content (AvgIpc) is 3.22. The van der Waals surface area contributed by atoms with Gasteiger partial charge in [-0.1, -0.05) is 20.8 Å². The van der Waals surface area contributed by atoms with E-state index in [1.165, 1.54) is 6.07 Å². The summed E-state index contributed by atoms with van der Waals surface area (Å²) in [7, 11) is 0. The normalized spacial score (nSPS) is 12.2. The van der Waals surface area contributed by atoms with Gasteiger partial charge < -0.3 is 26.1 Å². The zero-order chi connectivity index (χ0) is 25.2. The topological polar surface area (TPSA) is 114 Å². The van der Waals surface area contributed by atoms with E-state index in [1.54, 1.807) is 36.7 Å². The predicted octanol–water partition coefficient (Wildman–Crippen LogP) is 5.91. The number of hydrogen-bond acceptors (Lipinski definition) is 7. The number of benzene rings is 1. The van der Waals surface area contributed by atoms with Crippen LogP contribution < -0.4 is 21.1 Å². The van der Waals surface area contributed by atoms with Crippen LogP contribution in [0.15, 0.2) is 48.8 Å². The molecular formula is C26H32FN7O. The number of nitrogen functional groups attached to an aromatic ring is 1. The molecule has 5 N–H and O–H groups in total. The van der Waals surface area contributed by atoms with E-state index >= 15 is 0 Å². The highest BCUT2D eigenvalue weighted by molar-refractivity contribution is 5.82. The Morgan fingerprint density at radius 1 is 1.03 bits per heavy atom. The molecule has 0 unspecified atom stereocenters. The Hall–Kier alpha value is -3.72. The fraction of sp³-hybridized carbons (Fsp3) is 0.346. The highest BCUT2D eigenvalue weighted by Crippen LogP contribution is 2.32. The summed E-state index contributed by atoms with van der Waals surface area (Å²) in [6.07, 6.45) is 4.36. The molecule has 0 radical (unpaired) electrons. The molecule has 9 heteroatoms. The van der Waals surface area contributed by atoms with Crippen LogP contribution in [0, 0.1) is 11.2 Å². The van der Waals surface area contributed by atoms with Crippen LogP contribution in [0.2, 0.25) is 0 Å². The van der Waals surface area contributed by atoms with Crippen molar-refractivity contribution >= 4 is 28.5 Å². The number of aromatic nitrogens is 4. The molecule has 1 aromatic carbocycles. The number of rotatable bonds is 8. The van der Waals surface area contributed by atoms with E-state index in [2.05, 4.69) is 65.2 Å². The van der Waals surface area contributed by atoms with Crippen LogP contribution in [0.3, 0.4) is 0 Å².